The van der Waals surface area contributed by atoms with Gasteiger partial charge in [0.05, 0.1) is 29.4 Å². The lowest BCUT2D eigenvalue weighted by Crippen LogP contribution is -2.55. The average Bonchev–Trinajstić information content (AvgIpc) is 3.17. The fraction of sp³-hybridized carbons (Fsp3) is 0.450. The summed E-state index contributed by atoms with van der Waals surface area (Å²) in [7, 11) is 3.35. The largest absolute Gasteiger partial charge is 0.507 e. The van der Waals surface area contributed by atoms with Gasteiger partial charge in [-0.25, -0.2) is 14.1 Å². The van der Waals surface area contributed by atoms with Crippen LogP contribution in [0.15, 0.2) is 29.3 Å². The van der Waals surface area contributed by atoms with E-state index in [0.717, 1.165) is 12.8 Å². The van der Waals surface area contributed by atoms with Crippen molar-refractivity contribution in [1.82, 2.24) is 30.3 Å². The Morgan fingerprint density at radius 2 is 2.10 bits per heavy atom. The van der Waals surface area contributed by atoms with Gasteiger partial charge in [0.2, 0.25) is 0 Å². The molecule has 9 nitrogen and oxygen atoms in total. The van der Waals surface area contributed by atoms with E-state index in [1.807, 2.05) is 7.05 Å². The molecule has 0 spiro atoms. The molecule has 2 bridgehead atoms. The lowest BCUT2D eigenvalue weighted by Gasteiger charge is -2.38. The lowest BCUT2D eigenvalue weighted by atomic mass is 9.96. The number of hydrogen-bond donors (Lipinski definition) is 2. The molecule has 30 heavy (non-hydrogen) atoms. The van der Waals surface area contributed by atoms with Crippen molar-refractivity contribution in [3.8, 4) is 17.1 Å². The number of rotatable bonds is 3. The summed E-state index contributed by atoms with van der Waals surface area (Å²) >= 11 is 0. The van der Waals surface area contributed by atoms with E-state index in [1.54, 1.807) is 24.2 Å². The van der Waals surface area contributed by atoms with Crippen molar-refractivity contribution in [2.24, 2.45) is 7.05 Å². The quantitative estimate of drug-likeness (QED) is 0.661. The van der Waals surface area contributed by atoms with Crippen LogP contribution in [-0.4, -0.2) is 61.4 Å². The number of phenols is 1. The van der Waals surface area contributed by atoms with Crippen LogP contribution in [0.3, 0.4) is 0 Å². The molecule has 5 rings (SSSR count). The van der Waals surface area contributed by atoms with E-state index in [0.29, 0.717) is 34.6 Å². The van der Waals surface area contributed by atoms with E-state index < -0.39 is 6.17 Å². The SMILES string of the molecule is CN(c1cnc(-c2cc3cnn(C)c(=O)c3cc2O)nn1)[C@@H]1C[C@H]2CC[C@H](N2)[C@@H]1F. The number of piperidine rings is 1. The minimum atomic E-state index is -0.977. The van der Waals surface area contributed by atoms with Gasteiger partial charge in [-0.1, -0.05) is 0 Å². The molecular formula is C20H22FN7O2. The number of fused-ring (bicyclic) bond motifs is 3. The van der Waals surface area contributed by atoms with Gasteiger partial charge in [0.25, 0.3) is 5.56 Å². The normalized spacial score (nSPS) is 25.6. The molecule has 2 aliphatic rings. The van der Waals surface area contributed by atoms with E-state index in [9.17, 15) is 14.3 Å². The van der Waals surface area contributed by atoms with Crippen LogP contribution in [0, 0.1) is 0 Å². The molecule has 2 fully saturated rings. The Labute approximate surface area is 171 Å². The monoisotopic (exact) mass is 411 g/mol. The first-order valence-corrected chi connectivity index (χ1v) is 9.94. The highest BCUT2D eigenvalue weighted by molar-refractivity contribution is 5.88. The summed E-state index contributed by atoms with van der Waals surface area (Å²) in [6.45, 7) is 0. The van der Waals surface area contributed by atoms with Crippen molar-refractivity contribution < 1.29 is 9.50 Å². The van der Waals surface area contributed by atoms with Crippen LogP contribution in [0.5, 0.6) is 5.75 Å². The van der Waals surface area contributed by atoms with Crippen molar-refractivity contribution in [1.29, 1.82) is 0 Å². The molecule has 0 aliphatic carbocycles. The third kappa shape index (κ3) is 2.98. The van der Waals surface area contributed by atoms with Gasteiger partial charge >= 0.3 is 0 Å². The van der Waals surface area contributed by atoms with Gasteiger partial charge in [-0.2, -0.15) is 5.10 Å². The van der Waals surface area contributed by atoms with Crippen LogP contribution in [-0.2, 0) is 7.05 Å². The molecule has 0 saturated carbocycles. The number of halogens is 1. The van der Waals surface area contributed by atoms with Gasteiger partial charge < -0.3 is 15.3 Å². The molecule has 2 aromatic heterocycles. The van der Waals surface area contributed by atoms with Crippen molar-refractivity contribution in [3.05, 3.63) is 34.9 Å². The molecule has 2 saturated heterocycles. The zero-order chi connectivity index (χ0) is 21.0. The van der Waals surface area contributed by atoms with Crippen LogP contribution >= 0.6 is 0 Å². The smallest absolute Gasteiger partial charge is 0.274 e. The number of aromatic hydroxyl groups is 1. The maximum atomic E-state index is 14.8. The Bertz CT molecular complexity index is 1170. The third-order valence-corrected chi connectivity index (χ3v) is 6.27. The van der Waals surface area contributed by atoms with E-state index in [1.165, 1.54) is 16.9 Å². The van der Waals surface area contributed by atoms with Crippen molar-refractivity contribution in [2.45, 2.75) is 43.6 Å². The molecule has 0 amide bonds. The molecule has 10 heteroatoms. The van der Waals surface area contributed by atoms with Crippen LogP contribution in [0.4, 0.5) is 10.2 Å². The second-order valence-corrected chi connectivity index (χ2v) is 8.08. The standard InChI is InChI=1S/C20H22FN7O2/c1-27(15-6-11-3-4-14(24-11)18(15)21)17-9-22-19(26-25-17)13-5-10-8-23-28(2)20(30)12(10)7-16(13)29/h5,7-9,11,14-15,18,24,29H,3-4,6H2,1-2H3/t11-,14+,15-,18+/m1/s1. The Balaban J connectivity index is 1.44. The van der Waals surface area contributed by atoms with Gasteiger partial charge in [-0.05, 0) is 31.4 Å². The van der Waals surface area contributed by atoms with Gasteiger partial charge in [-0.15, -0.1) is 10.2 Å². The third-order valence-electron chi connectivity index (χ3n) is 6.27. The number of nitrogens with zero attached hydrogens (tertiary/aromatic N) is 6. The molecular weight excluding hydrogens is 389 g/mol. The lowest BCUT2D eigenvalue weighted by molar-refractivity contribution is 0.176. The fourth-order valence-corrected chi connectivity index (χ4v) is 4.52. The highest BCUT2D eigenvalue weighted by Crippen LogP contribution is 2.34. The topological polar surface area (TPSA) is 109 Å². The summed E-state index contributed by atoms with van der Waals surface area (Å²) in [5.74, 6) is 0.574. The summed E-state index contributed by atoms with van der Waals surface area (Å²) in [5, 5.41) is 27.0. The molecule has 4 heterocycles. The van der Waals surface area contributed by atoms with Crippen LogP contribution < -0.4 is 15.8 Å². The van der Waals surface area contributed by atoms with Crippen LogP contribution in [0.2, 0.25) is 0 Å². The maximum Gasteiger partial charge on any atom is 0.274 e. The Hall–Kier alpha value is -3.14. The number of benzene rings is 1. The number of aryl methyl sites for hydroxylation is 1. The molecule has 0 unspecified atom stereocenters. The molecule has 4 atom stereocenters. The van der Waals surface area contributed by atoms with E-state index in [-0.39, 0.29) is 29.2 Å². The van der Waals surface area contributed by atoms with Crippen LogP contribution in [0.25, 0.3) is 22.2 Å². The second kappa shape index (κ2) is 6.98. The number of aromatic nitrogens is 5. The zero-order valence-corrected chi connectivity index (χ0v) is 16.7. The minimum absolute atomic E-state index is 0.104. The first kappa shape index (κ1) is 18.9. The van der Waals surface area contributed by atoms with E-state index in [4.69, 9.17) is 0 Å². The number of anilines is 1. The summed E-state index contributed by atoms with van der Waals surface area (Å²) < 4.78 is 16.0. The first-order chi connectivity index (χ1) is 14.4. The molecule has 156 valence electrons. The maximum absolute atomic E-state index is 14.8. The summed E-state index contributed by atoms with van der Waals surface area (Å²) in [4.78, 5) is 18.3. The molecule has 2 N–H and O–H groups in total. The van der Waals surface area contributed by atoms with E-state index >= 15 is 0 Å². The van der Waals surface area contributed by atoms with Gasteiger partial charge in [0.1, 0.15) is 11.9 Å². The Morgan fingerprint density at radius 3 is 2.87 bits per heavy atom. The highest BCUT2D eigenvalue weighted by Gasteiger charge is 2.43. The van der Waals surface area contributed by atoms with Gasteiger partial charge in [-0.3, -0.25) is 4.79 Å². The summed E-state index contributed by atoms with van der Waals surface area (Å²) in [5.41, 5.74) is 0.0459. The average molecular weight is 411 g/mol. The number of hydrogen-bond acceptors (Lipinski definition) is 8. The predicted molar refractivity (Wildman–Crippen MR) is 109 cm³/mol. The number of phenolic OH excluding ortho intramolecular Hbond substituents is 1. The second-order valence-electron chi connectivity index (χ2n) is 8.08. The predicted octanol–water partition coefficient (Wildman–Crippen LogP) is 1.16. The van der Waals surface area contributed by atoms with Crippen LogP contribution in [0.1, 0.15) is 19.3 Å². The van der Waals surface area contributed by atoms with Gasteiger partial charge in [0.15, 0.2) is 11.6 Å². The minimum Gasteiger partial charge on any atom is -0.507 e. The summed E-state index contributed by atoms with van der Waals surface area (Å²) in [6, 6.07) is 2.96. The fourth-order valence-electron chi connectivity index (χ4n) is 4.52. The molecule has 3 aromatic rings. The van der Waals surface area contributed by atoms with E-state index in [2.05, 4.69) is 25.6 Å². The van der Waals surface area contributed by atoms with Crippen molar-refractivity contribution in [2.75, 3.05) is 11.9 Å². The molecule has 2 aliphatic heterocycles. The Kier molecular flexibility index (Phi) is 4.39. The molecule has 0 radical (unpaired) electrons. The highest BCUT2D eigenvalue weighted by atomic mass is 19.1. The molecule has 1 aromatic carbocycles. The summed E-state index contributed by atoms with van der Waals surface area (Å²) in [6.07, 6.45) is 4.67. The first-order valence-electron chi connectivity index (χ1n) is 9.94. The van der Waals surface area contributed by atoms with Crippen molar-refractivity contribution in [3.63, 3.8) is 0 Å². The number of alkyl halides is 1. The number of nitrogens with one attached hydrogen (secondary N) is 1. The Morgan fingerprint density at radius 1 is 1.27 bits per heavy atom. The van der Waals surface area contributed by atoms with Crippen molar-refractivity contribution >= 4 is 16.6 Å². The van der Waals surface area contributed by atoms with Gasteiger partial charge in [0, 0.05) is 31.6 Å². The zero-order valence-electron chi connectivity index (χ0n) is 16.7.